The van der Waals surface area contributed by atoms with Gasteiger partial charge in [-0.15, -0.1) is 0 Å². The third-order valence-corrected chi connectivity index (χ3v) is 3.39. The van der Waals surface area contributed by atoms with E-state index in [-0.39, 0.29) is 18.7 Å². The van der Waals surface area contributed by atoms with Gasteiger partial charge in [0.2, 0.25) is 0 Å². The molecule has 102 valence electrons. The maximum absolute atomic E-state index is 13.7. The minimum absolute atomic E-state index is 0.0903. The van der Waals surface area contributed by atoms with Crippen LogP contribution in [0.3, 0.4) is 0 Å². The number of hydrogen-bond acceptors (Lipinski definition) is 1. The summed E-state index contributed by atoms with van der Waals surface area (Å²) in [5.41, 5.74) is 1.90. The molecule has 20 heavy (non-hydrogen) atoms. The lowest BCUT2D eigenvalue weighted by Crippen LogP contribution is -2.03. The fourth-order valence-electron chi connectivity index (χ4n) is 2.45. The zero-order valence-electron chi connectivity index (χ0n) is 10.7. The number of nitrogens with zero attached hydrogens (tertiary/aromatic N) is 1. The molecule has 0 spiro atoms. The van der Waals surface area contributed by atoms with Crippen LogP contribution in [-0.2, 0) is 13.2 Å². The summed E-state index contributed by atoms with van der Waals surface area (Å²) in [5, 5.41) is 10.4. The fraction of sp³-hybridized carbons (Fsp3) is 0.125. The summed E-state index contributed by atoms with van der Waals surface area (Å²) in [6.07, 6.45) is 1.81. The molecule has 1 aromatic heterocycles. The Morgan fingerprint density at radius 3 is 2.65 bits per heavy atom. The second kappa shape index (κ2) is 5.06. The third kappa shape index (κ3) is 2.18. The van der Waals surface area contributed by atoms with Crippen LogP contribution in [0.5, 0.6) is 0 Å². The minimum atomic E-state index is -0.458. The fourth-order valence-corrected chi connectivity index (χ4v) is 2.45. The van der Waals surface area contributed by atoms with Crippen LogP contribution in [0.15, 0.2) is 48.7 Å². The molecule has 4 heteroatoms. The van der Waals surface area contributed by atoms with Gasteiger partial charge in [-0.2, -0.15) is 0 Å². The van der Waals surface area contributed by atoms with Crippen molar-refractivity contribution in [1.82, 2.24) is 4.57 Å². The summed E-state index contributed by atoms with van der Waals surface area (Å²) in [4.78, 5) is 0. The molecule has 1 N–H and O–H groups in total. The highest BCUT2D eigenvalue weighted by atomic mass is 19.1. The zero-order chi connectivity index (χ0) is 14.1. The summed E-state index contributed by atoms with van der Waals surface area (Å²) in [6.45, 7) is 0.136. The Balaban J connectivity index is 2.09. The highest BCUT2D eigenvalue weighted by Gasteiger charge is 2.09. The van der Waals surface area contributed by atoms with Crippen LogP contribution in [0, 0.1) is 11.6 Å². The molecule has 0 bridgehead atoms. The molecule has 0 atom stereocenters. The van der Waals surface area contributed by atoms with Crippen molar-refractivity contribution in [3.05, 3.63) is 71.4 Å². The third-order valence-electron chi connectivity index (χ3n) is 3.39. The molecule has 0 aliphatic rings. The Labute approximate surface area is 114 Å². The number of para-hydroxylation sites is 1. The molecule has 2 aromatic carbocycles. The van der Waals surface area contributed by atoms with Crippen LogP contribution in [0.4, 0.5) is 8.78 Å². The van der Waals surface area contributed by atoms with Crippen molar-refractivity contribution < 1.29 is 13.9 Å². The quantitative estimate of drug-likeness (QED) is 0.776. The molecule has 1 heterocycles. The Kier molecular flexibility index (Phi) is 3.24. The van der Waals surface area contributed by atoms with E-state index in [9.17, 15) is 13.9 Å². The molecule has 2 nitrogen and oxygen atoms in total. The Bertz CT molecular complexity index is 764. The summed E-state index contributed by atoms with van der Waals surface area (Å²) in [6, 6.07) is 10.9. The first-order valence-electron chi connectivity index (χ1n) is 6.30. The summed E-state index contributed by atoms with van der Waals surface area (Å²) in [7, 11) is 0. The molecule has 0 saturated carbocycles. The first-order chi connectivity index (χ1) is 9.69. The van der Waals surface area contributed by atoms with Crippen molar-refractivity contribution in [3.63, 3.8) is 0 Å². The molecular formula is C16H13F2NO. The second-order valence-corrected chi connectivity index (χ2v) is 4.69. The van der Waals surface area contributed by atoms with Gasteiger partial charge in [0.1, 0.15) is 11.6 Å². The van der Waals surface area contributed by atoms with E-state index < -0.39 is 11.6 Å². The number of halogens is 2. The van der Waals surface area contributed by atoms with Crippen LogP contribution >= 0.6 is 0 Å². The Hall–Kier alpha value is -2.20. The first kappa shape index (κ1) is 12.8. The molecule has 3 rings (SSSR count). The molecule has 3 aromatic rings. The van der Waals surface area contributed by atoms with Gasteiger partial charge < -0.3 is 9.67 Å². The average molecular weight is 273 g/mol. The Morgan fingerprint density at radius 1 is 1.00 bits per heavy atom. The zero-order valence-corrected chi connectivity index (χ0v) is 10.7. The molecule has 0 radical (unpaired) electrons. The number of rotatable bonds is 3. The molecule has 0 aliphatic heterocycles. The summed E-state index contributed by atoms with van der Waals surface area (Å²) < 4.78 is 28.8. The maximum Gasteiger partial charge on any atom is 0.128 e. The maximum atomic E-state index is 13.7. The van der Waals surface area contributed by atoms with E-state index in [0.717, 1.165) is 28.6 Å². The molecular weight excluding hydrogens is 260 g/mol. The lowest BCUT2D eigenvalue weighted by atomic mass is 10.1. The van der Waals surface area contributed by atoms with Crippen molar-refractivity contribution in [1.29, 1.82) is 0 Å². The number of fused-ring (bicyclic) bond motifs is 1. The lowest BCUT2D eigenvalue weighted by molar-refractivity contribution is 0.283. The van der Waals surface area contributed by atoms with Crippen molar-refractivity contribution in [3.8, 4) is 0 Å². The minimum Gasteiger partial charge on any atom is -0.392 e. The number of aromatic nitrogens is 1. The smallest absolute Gasteiger partial charge is 0.128 e. The van der Waals surface area contributed by atoms with Gasteiger partial charge in [-0.05, 0) is 29.7 Å². The Morgan fingerprint density at radius 2 is 1.85 bits per heavy atom. The van der Waals surface area contributed by atoms with E-state index in [4.69, 9.17) is 0 Å². The number of aliphatic hydroxyl groups is 1. The molecule has 0 saturated heterocycles. The van der Waals surface area contributed by atoms with E-state index >= 15 is 0 Å². The molecule has 0 unspecified atom stereocenters. The van der Waals surface area contributed by atoms with Gasteiger partial charge in [0.15, 0.2) is 0 Å². The predicted molar refractivity (Wildman–Crippen MR) is 73.3 cm³/mol. The lowest BCUT2D eigenvalue weighted by Gasteiger charge is -2.09. The van der Waals surface area contributed by atoms with E-state index in [0.29, 0.717) is 0 Å². The van der Waals surface area contributed by atoms with Crippen LogP contribution < -0.4 is 0 Å². The molecule has 0 fully saturated rings. The van der Waals surface area contributed by atoms with Gasteiger partial charge in [-0.25, -0.2) is 8.78 Å². The normalized spacial score (nSPS) is 11.2. The van der Waals surface area contributed by atoms with Crippen LogP contribution in [0.2, 0.25) is 0 Å². The second-order valence-electron chi connectivity index (χ2n) is 4.69. The van der Waals surface area contributed by atoms with Crippen molar-refractivity contribution in [2.24, 2.45) is 0 Å². The van der Waals surface area contributed by atoms with Crippen molar-refractivity contribution >= 4 is 10.9 Å². The number of aliphatic hydroxyl groups excluding tert-OH is 1. The highest BCUT2D eigenvalue weighted by molar-refractivity contribution is 5.83. The molecule has 0 aliphatic carbocycles. The predicted octanol–water partition coefficient (Wildman–Crippen LogP) is 3.46. The van der Waals surface area contributed by atoms with Gasteiger partial charge in [0, 0.05) is 17.3 Å². The number of benzene rings is 2. The topological polar surface area (TPSA) is 25.2 Å². The van der Waals surface area contributed by atoms with Crippen LogP contribution in [0.25, 0.3) is 10.9 Å². The average Bonchev–Trinajstić information content (AvgIpc) is 2.86. The van der Waals surface area contributed by atoms with E-state index in [1.165, 1.54) is 6.07 Å². The van der Waals surface area contributed by atoms with Crippen LogP contribution in [0.1, 0.15) is 11.1 Å². The van der Waals surface area contributed by atoms with Gasteiger partial charge in [0.05, 0.1) is 18.7 Å². The van der Waals surface area contributed by atoms with Gasteiger partial charge in [-0.1, -0.05) is 18.2 Å². The summed E-state index contributed by atoms with van der Waals surface area (Å²) >= 11 is 0. The highest BCUT2D eigenvalue weighted by Crippen LogP contribution is 2.22. The van der Waals surface area contributed by atoms with Crippen molar-refractivity contribution in [2.45, 2.75) is 13.2 Å². The first-order valence-corrected chi connectivity index (χ1v) is 6.30. The largest absolute Gasteiger partial charge is 0.392 e. The van der Waals surface area contributed by atoms with Gasteiger partial charge in [-0.3, -0.25) is 0 Å². The van der Waals surface area contributed by atoms with Gasteiger partial charge in [0.25, 0.3) is 0 Å². The number of hydrogen-bond donors (Lipinski definition) is 1. The van der Waals surface area contributed by atoms with Crippen molar-refractivity contribution in [2.75, 3.05) is 0 Å². The molecule has 0 amide bonds. The van der Waals surface area contributed by atoms with E-state index in [1.54, 1.807) is 0 Å². The van der Waals surface area contributed by atoms with E-state index in [1.807, 2.05) is 35.0 Å². The summed E-state index contributed by atoms with van der Waals surface area (Å²) in [5.74, 6) is -0.894. The van der Waals surface area contributed by atoms with Crippen LogP contribution in [-0.4, -0.2) is 9.67 Å². The monoisotopic (exact) mass is 273 g/mol. The SMILES string of the molecule is OCc1cccc2ccn(Cc3cc(F)ccc3F)c12. The van der Waals surface area contributed by atoms with E-state index in [2.05, 4.69) is 0 Å². The van der Waals surface area contributed by atoms with Gasteiger partial charge >= 0.3 is 0 Å². The standard InChI is InChI=1S/C16H13F2NO/c17-14-4-5-15(18)13(8-14)9-19-7-6-11-2-1-3-12(10-20)16(11)19/h1-8,20H,9-10H2.